The molecule has 6 heteroatoms. The van der Waals surface area contributed by atoms with Crippen molar-refractivity contribution in [2.75, 3.05) is 0 Å². The van der Waals surface area contributed by atoms with Crippen LogP contribution in [0.3, 0.4) is 0 Å². The lowest BCUT2D eigenvalue weighted by atomic mass is 10.1. The van der Waals surface area contributed by atoms with E-state index in [0.29, 0.717) is 16.2 Å². The molecule has 0 unspecified atom stereocenters. The Morgan fingerprint density at radius 1 is 1.05 bits per heavy atom. The number of carbonyl (C=O) groups excluding carboxylic acids is 1. The number of rotatable bonds is 3. The molecule has 0 spiro atoms. The number of alkyl halides is 3. The van der Waals surface area contributed by atoms with E-state index in [1.54, 1.807) is 24.3 Å². The van der Waals surface area contributed by atoms with Crippen LogP contribution in [0.1, 0.15) is 15.9 Å². The fraction of sp³-hybridized carbons (Fsp3) is 0.0714. The topological polar surface area (TPSA) is 17.1 Å². The van der Waals surface area contributed by atoms with Gasteiger partial charge in [-0.05, 0) is 24.3 Å². The summed E-state index contributed by atoms with van der Waals surface area (Å²) in [6.45, 7) is 0. The molecule has 0 aliphatic carbocycles. The van der Waals surface area contributed by atoms with Gasteiger partial charge in [0.05, 0.1) is 10.6 Å². The SMILES string of the molecule is O=Cc1ccc(Sc2ccccc2Cl)c(C(F)(F)F)c1. The number of carbonyl (C=O) groups is 1. The number of hydrogen-bond acceptors (Lipinski definition) is 2. The number of benzene rings is 2. The molecule has 0 N–H and O–H groups in total. The van der Waals surface area contributed by atoms with Gasteiger partial charge in [-0.15, -0.1) is 0 Å². The van der Waals surface area contributed by atoms with Gasteiger partial charge >= 0.3 is 6.18 Å². The molecule has 0 heterocycles. The summed E-state index contributed by atoms with van der Waals surface area (Å²) in [5.41, 5.74) is -0.854. The van der Waals surface area contributed by atoms with E-state index in [1.165, 1.54) is 12.1 Å². The van der Waals surface area contributed by atoms with Gasteiger partial charge in [0.25, 0.3) is 0 Å². The highest BCUT2D eigenvalue weighted by molar-refractivity contribution is 7.99. The third-order valence-corrected chi connectivity index (χ3v) is 4.10. The van der Waals surface area contributed by atoms with Crippen LogP contribution in [-0.4, -0.2) is 6.29 Å². The van der Waals surface area contributed by atoms with Crippen LogP contribution in [0.15, 0.2) is 52.3 Å². The number of halogens is 4. The lowest BCUT2D eigenvalue weighted by Gasteiger charge is -2.13. The molecule has 1 nitrogen and oxygen atoms in total. The van der Waals surface area contributed by atoms with Gasteiger partial charge < -0.3 is 0 Å². The lowest BCUT2D eigenvalue weighted by molar-refractivity contribution is -0.139. The third-order valence-electron chi connectivity index (χ3n) is 2.50. The highest BCUT2D eigenvalue weighted by Crippen LogP contribution is 2.41. The normalized spacial score (nSPS) is 11.4. The minimum absolute atomic E-state index is 0.0104. The van der Waals surface area contributed by atoms with E-state index < -0.39 is 11.7 Å². The summed E-state index contributed by atoms with van der Waals surface area (Å²) >= 11 is 6.86. The average molecular weight is 317 g/mol. The van der Waals surface area contributed by atoms with Crippen LogP contribution in [0, 0.1) is 0 Å². The molecular formula is C14H8ClF3OS. The molecule has 0 fully saturated rings. The van der Waals surface area contributed by atoms with Crippen LogP contribution < -0.4 is 0 Å². The van der Waals surface area contributed by atoms with E-state index in [0.717, 1.165) is 17.8 Å². The molecule has 0 aromatic heterocycles. The largest absolute Gasteiger partial charge is 0.417 e. The van der Waals surface area contributed by atoms with Crippen LogP contribution >= 0.6 is 23.4 Å². The summed E-state index contributed by atoms with van der Waals surface area (Å²) in [7, 11) is 0. The van der Waals surface area contributed by atoms with Gasteiger partial charge in [0, 0.05) is 15.4 Å². The zero-order valence-electron chi connectivity index (χ0n) is 9.95. The maximum Gasteiger partial charge on any atom is 0.417 e. The summed E-state index contributed by atoms with van der Waals surface area (Å²) in [6.07, 6.45) is -4.14. The summed E-state index contributed by atoms with van der Waals surface area (Å²) in [5, 5.41) is 0.380. The standard InChI is InChI=1S/C14H8ClF3OS/c15-11-3-1-2-4-13(11)20-12-6-5-9(8-19)7-10(12)14(16,17)18/h1-8H. The molecule has 104 valence electrons. The van der Waals surface area contributed by atoms with Crippen molar-refractivity contribution in [1.29, 1.82) is 0 Å². The summed E-state index contributed by atoms with van der Waals surface area (Å²) in [6, 6.07) is 10.1. The highest BCUT2D eigenvalue weighted by Gasteiger charge is 2.34. The van der Waals surface area contributed by atoms with E-state index >= 15 is 0 Å². The number of hydrogen-bond donors (Lipinski definition) is 0. The first kappa shape index (κ1) is 14.9. The quantitative estimate of drug-likeness (QED) is 0.713. The van der Waals surface area contributed by atoms with Gasteiger partial charge in [0.1, 0.15) is 6.29 Å². The first-order valence-corrected chi connectivity index (χ1v) is 6.70. The second-order valence-electron chi connectivity index (χ2n) is 3.90. The minimum Gasteiger partial charge on any atom is -0.298 e. The maximum atomic E-state index is 13.0. The molecule has 2 rings (SSSR count). The fourth-order valence-electron chi connectivity index (χ4n) is 1.58. The van der Waals surface area contributed by atoms with Gasteiger partial charge in [-0.3, -0.25) is 4.79 Å². The molecule has 2 aromatic rings. The monoisotopic (exact) mass is 316 g/mol. The van der Waals surface area contributed by atoms with Crippen molar-refractivity contribution in [3.8, 4) is 0 Å². The lowest BCUT2D eigenvalue weighted by Crippen LogP contribution is -2.07. The van der Waals surface area contributed by atoms with Gasteiger partial charge in [-0.2, -0.15) is 13.2 Å². The molecule has 20 heavy (non-hydrogen) atoms. The van der Waals surface area contributed by atoms with Crippen molar-refractivity contribution in [3.63, 3.8) is 0 Å². The summed E-state index contributed by atoms with van der Waals surface area (Å²) in [5.74, 6) is 0. The van der Waals surface area contributed by atoms with E-state index in [4.69, 9.17) is 11.6 Å². The minimum atomic E-state index is -4.53. The van der Waals surface area contributed by atoms with E-state index in [-0.39, 0.29) is 10.5 Å². The van der Waals surface area contributed by atoms with Gasteiger partial charge in [-0.1, -0.05) is 41.6 Å². The van der Waals surface area contributed by atoms with Crippen LogP contribution in [0.2, 0.25) is 5.02 Å². The molecule has 0 saturated carbocycles. The summed E-state index contributed by atoms with van der Waals surface area (Å²) < 4.78 is 39.0. The van der Waals surface area contributed by atoms with Crippen molar-refractivity contribution in [2.24, 2.45) is 0 Å². The Morgan fingerprint density at radius 3 is 2.35 bits per heavy atom. The first-order valence-electron chi connectivity index (χ1n) is 5.50. The molecule has 0 radical (unpaired) electrons. The Kier molecular flexibility index (Phi) is 4.40. The average Bonchev–Trinajstić information content (AvgIpc) is 2.40. The van der Waals surface area contributed by atoms with E-state index in [9.17, 15) is 18.0 Å². The Bertz CT molecular complexity index is 641. The van der Waals surface area contributed by atoms with Crippen LogP contribution in [0.5, 0.6) is 0 Å². The highest BCUT2D eigenvalue weighted by atomic mass is 35.5. The Hall–Kier alpha value is -1.46. The van der Waals surface area contributed by atoms with Gasteiger partial charge in [-0.25, -0.2) is 0 Å². The zero-order chi connectivity index (χ0) is 14.8. The second-order valence-corrected chi connectivity index (χ2v) is 5.39. The maximum absolute atomic E-state index is 13.0. The van der Waals surface area contributed by atoms with E-state index in [2.05, 4.69) is 0 Å². The zero-order valence-corrected chi connectivity index (χ0v) is 11.5. The molecule has 0 aliphatic heterocycles. The fourth-order valence-corrected chi connectivity index (χ4v) is 2.80. The van der Waals surface area contributed by atoms with Crippen LogP contribution in [0.4, 0.5) is 13.2 Å². The van der Waals surface area contributed by atoms with Gasteiger partial charge in [0.2, 0.25) is 0 Å². The molecule has 2 aromatic carbocycles. The molecular weight excluding hydrogens is 309 g/mol. The Balaban J connectivity index is 2.46. The van der Waals surface area contributed by atoms with Crippen molar-refractivity contribution in [2.45, 2.75) is 16.0 Å². The van der Waals surface area contributed by atoms with Gasteiger partial charge in [0.15, 0.2) is 0 Å². The molecule has 0 aliphatic rings. The Labute approximate surface area is 122 Å². The predicted octanol–water partition coefficient (Wildman–Crippen LogP) is 5.32. The second kappa shape index (κ2) is 5.89. The van der Waals surface area contributed by atoms with Crippen LogP contribution in [-0.2, 0) is 6.18 Å². The molecule has 0 saturated heterocycles. The van der Waals surface area contributed by atoms with Crippen molar-refractivity contribution in [3.05, 3.63) is 58.6 Å². The predicted molar refractivity (Wildman–Crippen MR) is 72.4 cm³/mol. The smallest absolute Gasteiger partial charge is 0.298 e. The Morgan fingerprint density at radius 2 is 1.75 bits per heavy atom. The summed E-state index contributed by atoms with van der Waals surface area (Å²) in [4.78, 5) is 11.2. The number of aldehydes is 1. The molecule has 0 bridgehead atoms. The van der Waals surface area contributed by atoms with Crippen LogP contribution in [0.25, 0.3) is 0 Å². The first-order chi connectivity index (χ1) is 9.41. The van der Waals surface area contributed by atoms with Crippen molar-refractivity contribution < 1.29 is 18.0 Å². The molecule has 0 amide bonds. The van der Waals surface area contributed by atoms with E-state index in [1.807, 2.05) is 0 Å². The van der Waals surface area contributed by atoms with Crippen molar-refractivity contribution in [1.82, 2.24) is 0 Å². The molecule has 0 atom stereocenters. The van der Waals surface area contributed by atoms with Crippen molar-refractivity contribution >= 4 is 29.6 Å². The third kappa shape index (κ3) is 3.35.